The quantitative estimate of drug-likeness (QED) is 0.190. The zero-order valence-electron chi connectivity index (χ0n) is 28.1. The van der Waals surface area contributed by atoms with Crippen LogP contribution in [0.5, 0.6) is 11.5 Å². The molecule has 0 saturated carbocycles. The number of benzene rings is 3. The molecule has 0 bridgehead atoms. The SMILES string of the molecule is CC(CCN)Oc1ccccc1C(=O)Nc1ccc(C(=O)N(C)c2ccccc2OCCCCCC(=O)N2CCN(C)CC2)cc1.Cl.Cl. The van der Waals surface area contributed by atoms with Crippen LogP contribution in [0.15, 0.2) is 72.8 Å². The number of nitrogens with two attached hydrogens (primary N) is 1. The minimum atomic E-state index is -0.306. The molecule has 12 heteroatoms. The van der Waals surface area contributed by atoms with Crippen molar-refractivity contribution in [2.45, 2.75) is 45.1 Å². The van der Waals surface area contributed by atoms with Crippen LogP contribution in [-0.2, 0) is 4.79 Å². The summed E-state index contributed by atoms with van der Waals surface area (Å²) in [5.41, 5.74) is 7.75. The van der Waals surface area contributed by atoms with Crippen molar-refractivity contribution in [3.8, 4) is 11.5 Å². The fourth-order valence-electron chi connectivity index (χ4n) is 5.27. The maximum absolute atomic E-state index is 13.4. The molecule has 1 aliphatic rings. The van der Waals surface area contributed by atoms with Crippen molar-refractivity contribution in [3.63, 3.8) is 0 Å². The van der Waals surface area contributed by atoms with Gasteiger partial charge in [-0.3, -0.25) is 14.4 Å². The highest BCUT2D eigenvalue weighted by Crippen LogP contribution is 2.29. The van der Waals surface area contributed by atoms with Crippen molar-refractivity contribution in [3.05, 3.63) is 83.9 Å². The summed E-state index contributed by atoms with van der Waals surface area (Å²) in [6, 6.07) is 21.3. The molecule has 3 aromatic carbocycles. The van der Waals surface area contributed by atoms with Crippen LogP contribution in [0.25, 0.3) is 0 Å². The third kappa shape index (κ3) is 11.7. The van der Waals surface area contributed by atoms with E-state index >= 15 is 0 Å². The van der Waals surface area contributed by atoms with Crippen molar-refractivity contribution < 1.29 is 23.9 Å². The smallest absolute Gasteiger partial charge is 0.259 e. The van der Waals surface area contributed by atoms with Crippen LogP contribution in [0.4, 0.5) is 11.4 Å². The molecule has 1 saturated heterocycles. The minimum absolute atomic E-state index is 0. The number of rotatable bonds is 15. The van der Waals surface area contributed by atoms with Crippen LogP contribution >= 0.6 is 24.8 Å². The molecule has 1 atom stereocenters. The van der Waals surface area contributed by atoms with E-state index < -0.39 is 0 Å². The molecule has 1 unspecified atom stereocenters. The van der Waals surface area contributed by atoms with E-state index in [0.717, 1.165) is 45.4 Å². The summed E-state index contributed by atoms with van der Waals surface area (Å²) in [7, 11) is 3.80. The predicted molar refractivity (Wildman–Crippen MR) is 196 cm³/mol. The molecule has 10 nitrogen and oxygen atoms in total. The number of ether oxygens (including phenoxy) is 2. The number of likely N-dealkylation sites (N-methyl/N-ethyl adjacent to an activating group) is 1. The van der Waals surface area contributed by atoms with Crippen LogP contribution in [0.2, 0.25) is 0 Å². The van der Waals surface area contributed by atoms with E-state index in [4.69, 9.17) is 15.2 Å². The lowest BCUT2D eigenvalue weighted by molar-refractivity contribution is -0.132. The molecule has 48 heavy (non-hydrogen) atoms. The van der Waals surface area contributed by atoms with Gasteiger partial charge in [-0.1, -0.05) is 24.3 Å². The van der Waals surface area contributed by atoms with Crippen molar-refractivity contribution in [1.29, 1.82) is 0 Å². The zero-order chi connectivity index (χ0) is 32.9. The fourth-order valence-corrected chi connectivity index (χ4v) is 5.27. The Labute approximate surface area is 296 Å². The number of unbranched alkanes of at least 4 members (excludes halogenated alkanes) is 2. The molecular formula is C36H49Cl2N5O5. The second-order valence-electron chi connectivity index (χ2n) is 11.7. The molecule has 4 rings (SSSR count). The third-order valence-corrected chi connectivity index (χ3v) is 8.10. The number of anilines is 2. The maximum atomic E-state index is 13.4. The molecule has 3 amide bonds. The largest absolute Gasteiger partial charge is 0.491 e. The summed E-state index contributed by atoms with van der Waals surface area (Å²) in [5.74, 6) is 0.839. The van der Waals surface area contributed by atoms with Crippen molar-refractivity contribution in [1.82, 2.24) is 9.80 Å². The second kappa shape index (κ2) is 20.5. The Hall–Kier alpha value is -3.83. The van der Waals surface area contributed by atoms with Gasteiger partial charge in [0.2, 0.25) is 5.91 Å². The first kappa shape index (κ1) is 40.3. The van der Waals surface area contributed by atoms with Crippen LogP contribution in [0.3, 0.4) is 0 Å². The molecule has 0 radical (unpaired) electrons. The van der Waals surface area contributed by atoms with Gasteiger partial charge in [0.25, 0.3) is 11.8 Å². The van der Waals surface area contributed by atoms with Crippen molar-refractivity contribution in [2.24, 2.45) is 5.73 Å². The van der Waals surface area contributed by atoms with Crippen LogP contribution in [0.1, 0.15) is 59.7 Å². The van der Waals surface area contributed by atoms with E-state index in [9.17, 15) is 14.4 Å². The Morgan fingerprint density at radius 2 is 1.52 bits per heavy atom. The maximum Gasteiger partial charge on any atom is 0.259 e. The van der Waals surface area contributed by atoms with E-state index in [0.29, 0.717) is 60.0 Å². The Morgan fingerprint density at radius 3 is 2.21 bits per heavy atom. The predicted octanol–water partition coefficient (Wildman–Crippen LogP) is 5.89. The summed E-state index contributed by atoms with van der Waals surface area (Å²) >= 11 is 0. The second-order valence-corrected chi connectivity index (χ2v) is 11.7. The Balaban J connectivity index is 0.00000400. The molecule has 0 aliphatic carbocycles. The van der Waals surface area contributed by atoms with Gasteiger partial charge in [0, 0.05) is 50.9 Å². The van der Waals surface area contributed by atoms with Gasteiger partial charge in [-0.15, -0.1) is 24.8 Å². The highest BCUT2D eigenvalue weighted by Gasteiger charge is 2.20. The summed E-state index contributed by atoms with van der Waals surface area (Å²) < 4.78 is 12.0. The molecule has 0 aromatic heterocycles. The monoisotopic (exact) mass is 701 g/mol. The highest BCUT2D eigenvalue weighted by atomic mass is 35.5. The molecule has 3 aromatic rings. The van der Waals surface area contributed by atoms with Crippen LogP contribution in [0, 0.1) is 0 Å². The average Bonchev–Trinajstić information content (AvgIpc) is 3.06. The lowest BCUT2D eigenvalue weighted by Crippen LogP contribution is -2.47. The van der Waals surface area contributed by atoms with E-state index in [1.807, 2.05) is 42.2 Å². The van der Waals surface area contributed by atoms with Gasteiger partial charge in [0.05, 0.1) is 24.0 Å². The summed E-state index contributed by atoms with van der Waals surface area (Å²) in [6.45, 7) is 6.39. The zero-order valence-corrected chi connectivity index (χ0v) is 29.7. The number of hydrogen-bond acceptors (Lipinski definition) is 7. The lowest BCUT2D eigenvalue weighted by atomic mass is 10.1. The normalized spacial score (nSPS) is 13.4. The van der Waals surface area contributed by atoms with Gasteiger partial charge < -0.3 is 35.2 Å². The highest BCUT2D eigenvalue weighted by molar-refractivity contribution is 6.08. The topological polar surface area (TPSA) is 117 Å². The van der Waals surface area contributed by atoms with Crippen molar-refractivity contribution in [2.75, 3.05) is 63.6 Å². The van der Waals surface area contributed by atoms with E-state index in [1.165, 1.54) is 0 Å². The third-order valence-electron chi connectivity index (χ3n) is 8.10. The molecule has 262 valence electrons. The van der Waals surface area contributed by atoms with Gasteiger partial charge in [-0.25, -0.2) is 0 Å². The van der Waals surface area contributed by atoms with Gasteiger partial charge in [0.15, 0.2) is 0 Å². The van der Waals surface area contributed by atoms with Gasteiger partial charge >= 0.3 is 0 Å². The lowest BCUT2D eigenvalue weighted by Gasteiger charge is -2.32. The molecule has 0 spiro atoms. The first-order chi connectivity index (χ1) is 22.3. The molecule has 1 fully saturated rings. The number of nitrogens with one attached hydrogen (secondary N) is 1. The Morgan fingerprint density at radius 1 is 0.875 bits per heavy atom. The summed E-state index contributed by atoms with van der Waals surface area (Å²) in [4.78, 5) is 44.7. The molecule has 1 aliphatic heterocycles. The first-order valence-corrected chi connectivity index (χ1v) is 16.1. The van der Waals surface area contributed by atoms with E-state index in [2.05, 4.69) is 17.3 Å². The standard InChI is InChI=1S/C36H47N5O5.2ClH/c1-27(20-21-37)46-32-13-8-6-11-30(32)35(43)38-29-18-16-28(17-19-29)36(44)40(3)31-12-7-9-14-33(31)45-26-10-4-5-15-34(42)41-24-22-39(2)23-25-41;;/h6-9,11-14,16-19,27H,4-5,10,15,20-26,37H2,1-3H3,(H,38,43);2*1H. The van der Waals surface area contributed by atoms with Gasteiger partial charge in [-0.2, -0.15) is 0 Å². The van der Waals surface area contributed by atoms with Crippen LogP contribution < -0.4 is 25.4 Å². The fraction of sp³-hybridized carbons (Fsp3) is 0.417. The Bertz CT molecular complexity index is 1450. The summed E-state index contributed by atoms with van der Waals surface area (Å²) in [5, 5.41) is 2.89. The van der Waals surface area contributed by atoms with Crippen molar-refractivity contribution >= 4 is 53.9 Å². The number of hydrogen-bond donors (Lipinski definition) is 2. The van der Waals surface area contributed by atoms with E-state index in [-0.39, 0.29) is 48.6 Å². The van der Waals surface area contributed by atoms with Gasteiger partial charge in [-0.05, 0) is 94.7 Å². The average molecular weight is 703 g/mol. The minimum Gasteiger partial charge on any atom is -0.491 e. The number of para-hydroxylation sites is 3. The first-order valence-electron chi connectivity index (χ1n) is 16.1. The summed E-state index contributed by atoms with van der Waals surface area (Å²) in [6.07, 6.45) is 3.67. The number of amides is 3. The number of halogens is 2. The number of nitrogens with zero attached hydrogens (tertiary/aromatic N) is 3. The number of piperazine rings is 1. The number of carbonyl (C=O) groups is 3. The molecular weight excluding hydrogens is 653 g/mol. The van der Waals surface area contributed by atoms with Crippen LogP contribution in [-0.4, -0.2) is 87.1 Å². The van der Waals surface area contributed by atoms with Gasteiger partial charge in [0.1, 0.15) is 11.5 Å². The Kier molecular flexibility index (Phi) is 17.2. The number of carbonyl (C=O) groups excluding carboxylic acids is 3. The van der Waals surface area contributed by atoms with E-state index in [1.54, 1.807) is 54.4 Å². The molecule has 1 heterocycles. The molecule has 3 N–H and O–H groups in total.